The van der Waals surface area contributed by atoms with Crippen molar-refractivity contribution < 1.29 is 14.3 Å². The maximum absolute atomic E-state index is 12.9. The number of benzene rings is 2. The molecule has 5 nitrogen and oxygen atoms in total. The third-order valence-corrected chi connectivity index (χ3v) is 5.16. The summed E-state index contributed by atoms with van der Waals surface area (Å²) in [5.74, 6) is 0.108. The molecule has 0 aliphatic carbocycles. The number of carbonyl (C=O) groups excluding carboxylic acids is 2. The molecule has 0 saturated heterocycles. The van der Waals surface area contributed by atoms with E-state index >= 15 is 0 Å². The van der Waals surface area contributed by atoms with Gasteiger partial charge in [-0.15, -0.1) is 0 Å². The lowest BCUT2D eigenvalue weighted by atomic mass is 10.1. The fourth-order valence-corrected chi connectivity index (χ4v) is 3.28. The summed E-state index contributed by atoms with van der Waals surface area (Å²) in [7, 11) is 0. The van der Waals surface area contributed by atoms with Crippen LogP contribution in [-0.2, 0) is 16.1 Å². The van der Waals surface area contributed by atoms with Gasteiger partial charge in [0.1, 0.15) is 11.8 Å². The molecule has 1 atom stereocenters. The number of nitrogens with zero attached hydrogens (tertiary/aromatic N) is 1. The maximum atomic E-state index is 12.9. The molecule has 7 heteroatoms. The van der Waals surface area contributed by atoms with Crippen molar-refractivity contribution in [3.8, 4) is 5.75 Å². The van der Waals surface area contributed by atoms with Gasteiger partial charge in [-0.2, -0.15) is 0 Å². The van der Waals surface area contributed by atoms with Gasteiger partial charge in [-0.1, -0.05) is 53.0 Å². The van der Waals surface area contributed by atoms with Crippen LogP contribution in [0.2, 0.25) is 5.02 Å². The Balaban J connectivity index is 2.10. The topological polar surface area (TPSA) is 58.6 Å². The van der Waals surface area contributed by atoms with E-state index in [1.165, 1.54) is 0 Å². The molecule has 0 aromatic heterocycles. The smallest absolute Gasteiger partial charge is 0.261 e. The Labute approximate surface area is 185 Å². The standard InChI is InChI=1S/C22H26BrClN2O3/c1-3-4-12-25-22(28)16(2)26(14-17-6-5-7-18(23)13-17)21(27)15-29-20-10-8-19(24)9-11-20/h5-11,13,16H,3-4,12,14-15H2,1-2H3,(H,25,28)/t16-/m0/s1. The Morgan fingerprint density at radius 1 is 1.21 bits per heavy atom. The molecule has 1 N–H and O–H groups in total. The van der Waals surface area contributed by atoms with Crippen LogP contribution in [0.1, 0.15) is 32.3 Å². The lowest BCUT2D eigenvalue weighted by molar-refractivity contribution is -0.142. The maximum Gasteiger partial charge on any atom is 0.261 e. The second kappa shape index (κ2) is 11.8. The monoisotopic (exact) mass is 480 g/mol. The first-order chi connectivity index (χ1) is 13.9. The van der Waals surface area contributed by atoms with Crippen molar-refractivity contribution in [2.24, 2.45) is 0 Å². The molecule has 0 radical (unpaired) electrons. The lowest BCUT2D eigenvalue weighted by Gasteiger charge is -2.28. The molecule has 0 saturated carbocycles. The number of ether oxygens (including phenoxy) is 1. The highest BCUT2D eigenvalue weighted by Crippen LogP contribution is 2.18. The van der Waals surface area contributed by atoms with E-state index in [0.717, 1.165) is 22.9 Å². The van der Waals surface area contributed by atoms with Gasteiger partial charge in [0.25, 0.3) is 5.91 Å². The van der Waals surface area contributed by atoms with Crippen molar-refractivity contribution in [1.82, 2.24) is 10.2 Å². The quantitative estimate of drug-likeness (QED) is 0.495. The Kier molecular flexibility index (Phi) is 9.48. The van der Waals surface area contributed by atoms with E-state index in [0.29, 0.717) is 23.9 Å². The minimum atomic E-state index is -0.618. The van der Waals surface area contributed by atoms with E-state index in [2.05, 4.69) is 28.2 Å². The summed E-state index contributed by atoms with van der Waals surface area (Å²) < 4.78 is 6.52. The first-order valence-corrected chi connectivity index (χ1v) is 10.8. The summed E-state index contributed by atoms with van der Waals surface area (Å²) in [5.41, 5.74) is 0.924. The summed E-state index contributed by atoms with van der Waals surface area (Å²) in [6.45, 7) is 4.54. The number of carbonyl (C=O) groups is 2. The van der Waals surface area contributed by atoms with E-state index in [9.17, 15) is 9.59 Å². The largest absolute Gasteiger partial charge is 0.484 e. The highest BCUT2D eigenvalue weighted by Gasteiger charge is 2.26. The minimum Gasteiger partial charge on any atom is -0.484 e. The van der Waals surface area contributed by atoms with E-state index in [4.69, 9.17) is 16.3 Å². The van der Waals surface area contributed by atoms with Gasteiger partial charge in [0.05, 0.1) is 0 Å². The summed E-state index contributed by atoms with van der Waals surface area (Å²) in [5, 5.41) is 3.49. The second-order valence-electron chi connectivity index (χ2n) is 6.71. The van der Waals surface area contributed by atoms with E-state index in [-0.39, 0.29) is 18.4 Å². The highest BCUT2D eigenvalue weighted by atomic mass is 79.9. The molecule has 2 rings (SSSR count). The van der Waals surface area contributed by atoms with Crippen LogP contribution in [0.5, 0.6) is 5.75 Å². The van der Waals surface area contributed by atoms with Crippen molar-refractivity contribution in [3.05, 3.63) is 63.6 Å². The highest BCUT2D eigenvalue weighted by molar-refractivity contribution is 9.10. The number of amides is 2. The number of hydrogen-bond acceptors (Lipinski definition) is 3. The predicted octanol–water partition coefficient (Wildman–Crippen LogP) is 4.81. The van der Waals surface area contributed by atoms with Crippen LogP contribution in [0.15, 0.2) is 53.0 Å². The molecule has 0 fully saturated rings. The number of unbranched alkanes of at least 4 members (excludes halogenated alkanes) is 1. The molecule has 2 aromatic rings. The Hall–Kier alpha value is -2.05. The average Bonchev–Trinajstić information content (AvgIpc) is 2.71. The zero-order valence-corrected chi connectivity index (χ0v) is 19.0. The number of rotatable bonds is 10. The van der Waals surface area contributed by atoms with Gasteiger partial charge in [-0.25, -0.2) is 0 Å². The van der Waals surface area contributed by atoms with Crippen LogP contribution in [-0.4, -0.2) is 35.9 Å². The van der Waals surface area contributed by atoms with E-state index < -0.39 is 6.04 Å². The Morgan fingerprint density at radius 3 is 2.59 bits per heavy atom. The van der Waals surface area contributed by atoms with Crippen molar-refractivity contribution in [2.45, 2.75) is 39.3 Å². The molecule has 156 valence electrons. The Bertz CT molecular complexity index is 814. The number of hydrogen-bond donors (Lipinski definition) is 1. The van der Waals surface area contributed by atoms with E-state index in [1.807, 2.05) is 24.3 Å². The summed E-state index contributed by atoms with van der Waals surface area (Å²) >= 11 is 9.32. The third-order valence-electron chi connectivity index (χ3n) is 4.41. The van der Waals surface area contributed by atoms with Crippen molar-refractivity contribution in [1.29, 1.82) is 0 Å². The first-order valence-electron chi connectivity index (χ1n) is 9.60. The fraction of sp³-hybridized carbons (Fsp3) is 0.364. The fourth-order valence-electron chi connectivity index (χ4n) is 2.71. The second-order valence-corrected chi connectivity index (χ2v) is 8.07. The van der Waals surface area contributed by atoms with E-state index in [1.54, 1.807) is 36.1 Å². The van der Waals surface area contributed by atoms with Crippen LogP contribution >= 0.6 is 27.5 Å². The summed E-state index contributed by atoms with van der Waals surface area (Å²) in [4.78, 5) is 27.0. The van der Waals surface area contributed by atoms with Gasteiger partial charge in [-0.05, 0) is 55.3 Å². The van der Waals surface area contributed by atoms with Crippen molar-refractivity contribution in [3.63, 3.8) is 0 Å². The third kappa shape index (κ3) is 7.71. The van der Waals surface area contributed by atoms with Crippen LogP contribution in [0.4, 0.5) is 0 Å². The average molecular weight is 482 g/mol. The summed E-state index contributed by atoms with van der Waals surface area (Å²) in [6, 6.07) is 13.9. The molecule has 0 unspecified atom stereocenters. The van der Waals surface area contributed by atoms with Gasteiger partial charge in [-0.3, -0.25) is 9.59 Å². The molecule has 2 aromatic carbocycles. The van der Waals surface area contributed by atoms with Crippen LogP contribution in [0.3, 0.4) is 0 Å². The van der Waals surface area contributed by atoms with Gasteiger partial charge < -0.3 is 15.0 Å². The molecular formula is C22H26BrClN2O3. The van der Waals surface area contributed by atoms with Crippen LogP contribution in [0, 0.1) is 0 Å². The van der Waals surface area contributed by atoms with Gasteiger partial charge in [0.15, 0.2) is 6.61 Å². The normalized spacial score (nSPS) is 11.6. The first kappa shape index (κ1) is 23.2. The van der Waals surface area contributed by atoms with Crippen molar-refractivity contribution in [2.75, 3.05) is 13.2 Å². The molecule has 0 aliphatic heterocycles. The number of halogens is 2. The molecule has 0 heterocycles. The molecule has 29 heavy (non-hydrogen) atoms. The minimum absolute atomic E-state index is 0.164. The van der Waals surface area contributed by atoms with Crippen LogP contribution in [0.25, 0.3) is 0 Å². The molecule has 0 aliphatic rings. The Morgan fingerprint density at radius 2 is 1.93 bits per heavy atom. The zero-order valence-electron chi connectivity index (χ0n) is 16.7. The zero-order chi connectivity index (χ0) is 21.2. The molecule has 2 amide bonds. The molecular weight excluding hydrogens is 456 g/mol. The predicted molar refractivity (Wildman–Crippen MR) is 119 cm³/mol. The summed E-state index contributed by atoms with van der Waals surface area (Å²) in [6.07, 6.45) is 1.89. The van der Waals surface area contributed by atoms with Crippen LogP contribution < -0.4 is 10.1 Å². The van der Waals surface area contributed by atoms with Gasteiger partial charge >= 0.3 is 0 Å². The molecule has 0 spiro atoms. The molecule has 0 bridgehead atoms. The number of nitrogens with one attached hydrogen (secondary N) is 1. The van der Waals surface area contributed by atoms with Crippen molar-refractivity contribution >= 4 is 39.3 Å². The van der Waals surface area contributed by atoms with Gasteiger partial charge in [0.2, 0.25) is 5.91 Å². The SMILES string of the molecule is CCCCNC(=O)[C@H](C)N(Cc1cccc(Br)c1)C(=O)COc1ccc(Cl)cc1. The lowest BCUT2D eigenvalue weighted by Crippen LogP contribution is -2.49. The van der Waals surface area contributed by atoms with Gasteiger partial charge in [0, 0.05) is 22.6 Å².